The van der Waals surface area contributed by atoms with Crippen molar-refractivity contribution in [3.05, 3.63) is 77.6 Å². The predicted molar refractivity (Wildman–Crippen MR) is 164 cm³/mol. The number of benzene rings is 3. The van der Waals surface area contributed by atoms with Crippen LogP contribution in [0.3, 0.4) is 0 Å². The number of alkyl halides is 1. The van der Waals surface area contributed by atoms with Crippen molar-refractivity contribution in [2.75, 3.05) is 30.8 Å². The summed E-state index contributed by atoms with van der Waals surface area (Å²) in [5, 5.41) is 2.89. The molecule has 1 aliphatic carbocycles. The summed E-state index contributed by atoms with van der Waals surface area (Å²) in [7, 11) is -2.58. The van der Waals surface area contributed by atoms with Crippen LogP contribution in [-0.4, -0.2) is 69.6 Å². The highest BCUT2D eigenvalue weighted by molar-refractivity contribution is 7.92. The van der Waals surface area contributed by atoms with Crippen LogP contribution in [0.1, 0.15) is 33.6 Å². The van der Waals surface area contributed by atoms with Crippen LogP contribution in [0.4, 0.5) is 14.5 Å². The number of hydrogen-bond donors (Lipinski definition) is 2. The second kappa shape index (κ2) is 11.3. The number of piperidine rings is 1. The van der Waals surface area contributed by atoms with E-state index in [9.17, 15) is 31.6 Å². The van der Waals surface area contributed by atoms with Crippen molar-refractivity contribution in [1.82, 2.24) is 10.2 Å². The van der Waals surface area contributed by atoms with Gasteiger partial charge < -0.3 is 20.4 Å². The maximum absolute atomic E-state index is 13.8. The molecule has 3 N–H and O–H groups in total. The van der Waals surface area contributed by atoms with E-state index in [4.69, 9.17) is 10.2 Å². The molecular weight excluding hydrogens is 606 g/mol. The Kier molecular flexibility index (Phi) is 7.59. The number of nitrogens with two attached hydrogens (primary N) is 1. The Balaban J connectivity index is 1.56. The van der Waals surface area contributed by atoms with Gasteiger partial charge in [-0.05, 0) is 66.8 Å². The molecular formula is C32H30F2N4O6S. The van der Waals surface area contributed by atoms with Crippen LogP contribution in [0.2, 0.25) is 0 Å². The van der Waals surface area contributed by atoms with E-state index in [0.717, 1.165) is 17.0 Å². The molecule has 0 radical (unpaired) electrons. The third-order valence-corrected chi connectivity index (χ3v) is 9.59. The molecule has 4 aromatic rings. The number of nitrogens with zero attached hydrogens (tertiary/aromatic N) is 2. The third kappa shape index (κ3) is 5.41. The van der Waals surface area contributed by atoms with Crippen LogP contribution in [0.15, 0.2) is 65.1 Å². The highest BCUT2D eigenvalue weighted by atomic mass is 32.2. The molecule has 13 heteroatoms. The predicted octanol–water partition coefficient (Wildman–Crippen LogP) is 4.09. The first kappa shape index (κ1) is 30.3. The number of carbonyl (C=O) groups excluding carboxylic acids is 3. The number of anilines is 1. The molecule has 1 saturated carbocycles. The number of rotatable bonds is 9. The first-order chi connectivity index (χ1) is 21.4. The zero-order valence-electron chi connectivity index (χ0n) is 24.4. The molecule has 3 amide bonds. The van der Waals surface area contributed by atoms with Crippen LogP contribution in [-0.2, 0) is 14.8 Å². The highest BCUT2D eigenvalue weighted by Crippen LogP contribution is 2.48. The molecule has 2 aliphatic rings. The summed E-state index contributed by atoms with van der Waals surface area (Å²) in [6, 6.07) is 14.0. The van der Waals surface area contributed by atoms with Crippen molar-refractivity contribution in [2.45, 2.75) is 24.9 Å². The minimum atomic E-state index is -4.01. The fraction of sp³-hybridized carbons (Fsp3) is 0.281. The second-order valence-corrected chi connectivity index (χ2v) is 13.2. The molecule has 1 saturated heterocycles. The average Bonchev–Trinajstić information content (AvgIpc) is 3.51. The Morgan fingerprint density at radius 1 is 1.07 bits per heavy atom. The summed E-state index contributed by atoms with van der Waals surface area (Å²) in [5.41, 5.74) is 7.25. The highest BCUT2D eigenvalue weighted by Gasteiger charge is 2.55. The first-order valence-corrected chi connectivity index (χ1v) is 16.1. The van der Waals surface area contributed by atoms with E-state index < -0.39 is 46.9 Å². The Hall–Kier alpha value is -4.78. The van der Waals surface area contributed by atoms with Gasteiger partial charge in [0.05, 0.1) is 24.1 Å². The molecule has 0 bridgehead atoms. The fourth-order valence-corrected chi connectivity index (χ4v) is 7.15. The topological polar surface area (TPSA) is 143 Å². The number of nitrogens with one attached hydrogen (secondary N) is 1. The lowest BCUT2D eigenvalue weighted by Crippen LogP contribution is -2.46. The summed E-state index contributed by atoms with van der Waals surface area (Å²) in [6.45, 7) is -1.49. The van der Waals surface area contributed by atoms with Gasteiger partial charge in [0, 0.05) is 41.2 Å². The Labute approximate surface area is 257 Å². The summed E-state index contributed by atoms with van der Waals surface area (Å²) in [5.74, 6) is -1.60. The Morgan fingerprint density at radius 3 is 2.44 bits per heavy atom. The van der Waals surface area contributed by atoms with E-state index in [-0.39, 0.29) is 51.6 Å². The van der Waals surface area contributed by atoms with Gasteiger partial charge in [-0.3, -0.25) is 18.7 Å². The number of primary amides is 1. The largest absolute Gasteiger partial charge is 0.455 e. The molecule has 234 valence electrons. The second-order valence-electron chi connectivity index (χ2n) is 11.3. The van der Waals surface area contributed by atoms with Crippen LogP contribution in [0, 0.1) is 11.7 Å². The molecule has 1 aromatic heterocycles. The number of fused-ring (bicyclic) bond motifs is 2. The van der Waals surface area contributed by atoms with Gasteiger partial charge in [-0.1, -0.05) is 12.1 Å². The third-order valence-electron chi connectivity index (χ3n) is 8.41. The van der Waals surface area contributed by atoms with E-state index in [0.29, 0.717) is 22.9 Å². The van der Waals surface area contributed by atoms with Gasteiger partial charge in [0.25, 0.3) is 11.8 Å². The molecule has 10 nitrogen and oxygen atoms in total. The van der Waals surface area contributed by atoms with E-state index in [2.05, 4.69) is 5.32 Å². The van der Waals surface area contributed by atoms with Crippen molar-refractivity contribution in [1.29, 1.82) is 0 Å². The minimum Gasteiger partial charge on any atom is -0.455 e. The molecule has 3 atom stereocenters. The normalized spacial score (nSPS) is 18.9. The average molecular weight is 637 g/mol. The summed E-state index contributed by atoms with van der Waals surface area (Å²) in [4.78, 5) is 40.5. The lowest BCUT2D eigenvalue weighted by molar-refractivity contribution is -0.122. The quantitative estimate of drug-likeness (QED) is 0.283. The zero-order chi connectivity index (χ0) is 32.2. The van der Waals surface area contributed by atoms with Crippen LogP contribution < -0.4 is 15.4 Å². The number of hydrogen-bond acceptors (Lipinski definition) is 6. The van der Waals surface area contributed by atoms with Crippen LogP contribution in [0.5, 0.6) is 0 Å². The molecule has 3 aromatic carbocycles. The number of halogens is 2. The van der Waals surface area contributed by atoms with Crippen molar-refractivity contribution in [3.8, 4) is 22.5 Å². The molecule has 2 fully saturated rings. The van der Waals surface area contributed by atoms with Gasteiger partial charge in [-0.25, -0.2) is 17.2 Å². The summed E-state index contributed by atoms with van der Waals surface area (Å²) < 4.78 is 60.4. The minimum absolute atomic E-state index is 0.0635. The Morgan fingerprint density at radius 2 is 1.80 bits per heavy atom. The first-order valence-electron chi connectivity index (χ1n) is 14.3. The SMILES string of the molecule is CNC(=O)c1c(-c2ccc(F)cc2)oc2cc(N(CCF)S(C)(=O)=O)c(-c3cccc(C(=O)N4C(C(N)=O)CC5CC54)c3)cc12. The maximum atomic E-state index is 13.8. The van der Waals surface area contributed by atoms with Gasteiger partial charge in [0.15, 0.2) is 0 Å². The number of carbonyl (C=O) groups is 3. The Bertz CT molecular complexity index is 1960. The van der Waals surface area contributed by atoms with Crippen molar-refractivity contribution in [3.63, 3.8) is 0 Å². The monoisotopic (exact) mass is 636 g/mol. The lowest BCUT2D eigenvalue weighted by Gasteiger charge is -2.26. The van der Waals surface area contributed by atoms with Crippen molar-refractivity contribution in [2.24, 2.45) is 11.7 Å². The van der Waals surface area contributed by atoms with Gasteiger partial charge in [-0.15, -0.1) is 0 Å². The van der Waals surface area contributed by atoms with Gasteiger partial charge in [0.1, 0.15) is 29.9 Å². The van der Waals surface area contributed by atoms with Gasteiger partial charge in [0.2, 0.25) is 15.9 Å². The molecule has 1 aliphatic heterocycles. The number of furan rings is 1. The number of sulfonamides is 1. The van der Waals surface area contributed by atoms with E-state index in [1.54, 1.807) is 30.3 Å². The summed E-state index contributed by atoms with van der Waals surface area (Å²) >= 11 is 0. The summed E-state index contributed by atoms with van der Waals surface area (Å²) in [6.07, 6.45) is 2.25. The fourth-order valence-electron chi connectivity index (χ4n) is 6.24. The van der Waals surface area contributed by atoms with E-state index in [1.165, 1.54) is 42.3 Å². The molecule has 3 unspecified atom stereocenters. The van der Waals surface area contributed by atoms with Gasteiger partial charge >= 0.3 is 0 Å². The van der Waals surface area contributed by atoms with Crippen LogP contribution in [0.25, 0.3) is 33.4 Å². The maximum Gasteiger partial charge on any atom is 0.255 e. The van der Waals surface area contributed by atoms with E-state index in [1.807, 2.05) is 0 Å². The molecule has 0 spiro atoms. The van der Waals surface area contributed by atoms with Crippen LogP contribution >= 0.6 is 0 Å². The number of likely N-dealkylation sites (tertiary alicyclic amines) is 1. The van der Waals surface area contributed by atoms with Crippen molar-refractivity contribution < 1.29 is 36.0 Å². The van der Waals surface area contributed by atoms with E-state index >= 15 is 0 Å². The molecule has 2 heterocycles. The number of amides is 3. The standard InChI is InChI=1S/C32H30F2N4O6S/c1-36-31(40)28-23-15-22(18-4-3-5-19(12-18)32(41)38-24-13-20(24)14-26(38)30(35)39)25(37(11-10-33)45(2,42)43)16-27(23)44-29(28)17-6-8-21(34)9-7-17/h3-9,12,15-16,20,24,26H,10-11,13-14H2,1-2H3,(H2,35,39)(H,36,40). The van der Waals surface area contributed by atoms with Crippen molar-refractivity contribution >= 4 is 44.4 Å². The molecule has 6 rings (SSSR count). The zero-order valence-corrected chi connectivity index (χ0v) is 25.2. The van der Waals surface area contributed by atoms with Gasteiger partial charge in [-0.2, -0.15) is 0 Å². The molecule has 45 heavy (non-hydrogen) atoms. The lowest BCUT2D eigenvalue weighted by atomic mass is 9.97. The smallest absolute Gasteiger partial charge is 0.255 e.